The van der Waals surface area contributed by atoms with Crippen LogP contribution in [0.2, 0.25) is 0 Å². The van der Waals surface area contributed by atoms with Gasteiger partial charge in [-0.05, 0) is 26.3 Å². The van der Waals surface area contributed by atoms with Crippen LogP contribution in [0.4, 0.5) is 0 Å². The molecule has 11 heteroatoms. The summed E-state index contributed by atoms with van der Waals surface area (Å²) in [5.74, 6) is -2.80. The Morgan fingerprint density at radius 1 is 1.15 bits per heavy atom. The lowest BCUT2D eigenvalue weighted by Gasteiger charge is -2.27. The van der Waals surface area contributed by atoms with Crippen molar-refractivity contribution in [1.82, 2.24) is 0 Å². The predicted octanol–water partition coefficient (Wildman–Crippen LogP) is 1.41. The van der Waals surface area contributed by atoms with E-state index in [-0.39, 0.29) is 6.61 Å². The van der Waals surface area contributed by atoms with Crippen molar-refractivity contribution < 1.29 is 47.5 Å². The molecule has 33 heavy (non-hydrogen) atoms. The highest BCUT2D eigenvalue weighted by Crippen LogP contribution is 2.41. The van der Waals surface area contributed by atoms with Crippen molar-refractivity contribution in [3.63, 3.8) is 0 Å². The smallest absolute Gasteiger partial charge is 0.421 e. The third-order valence-electron chi connectivity index (χ3n) is 5.23. The SMILES string of the molecule is CCOC(=O)C(=[N+]=[N-])[C@@H](OC(=O)[C@@H](OC)c1ccccc1)[C@H]1O[C@@H](OC)[C@@H]2OC(C)(C)O[C@@H]21. The predicted molar refractivity (Wildman–Crippen MR) is 111 cm³/mol. The van der Waals surface area contributed by atoms with Gasteiger partial charge in [-0.1, -0.05) is 30.3 Å². The summed E-state index contributed by atoms with van der Waals surface area (Å²) in [7, 11) is 2.77. The van der Waals surface area contributed by atoms with E-state index in [1.807, 2.05) is 0 Å². The Labute approximate surface area is 191 Å². The molecule has 0 spiro atoms. The average molecular weight is 464 g/mol. The summed E-state index contributed by atoms with van der Waals surface area (Å²) in [5, 5.41) is 0. The molecule has 11 nitrogen and oxygen atoms in total. The maximum Gasteiger partial charge on any atom is 0.421 e. The molecule has 2 saturated heterocycles. The lowest BCUT2D eigenvalue weighted by Crippen LogP contribution is -2.49. The van der Waals surface area contributed by atoms with Crippen LogP contribution in [-0.4, -0.2) is 79.8 Å². The van der Waals surface area contributed by atoms with Gasteiger partial charge < -0.3 is 38.7 Å². The summed E-state index contributed by atoms with van der Waals surface area (Å²) >= 11 is 0. The van der Waals surface area contributed by atoms with Crippen molar-refractivity contribution in [2.24, 2.45) is 0 Å². The first kappa shape index (κ1) is 25.0. The Kier molecular flexibility index (Phi) is 7.96. The average Bonchev–Trinajstić information content (AvgIpc) is 3.27. The quantitative estimate of drug-likeness (QED) is 0.230. The topological polar surface area (TPSA) is 135 Å². The molecule has 6 atom stereocenters. The number of ether oxygens (including phenoxy) is 7. The number of hydrogen-bond acceptors (Lipinski definition) is 9. The zero-order valence-corrected chi connectivity index (χ0v) is 19.1. The summed E-state index contributed by atoms with van der Waals surface area (Å²) < 4.78 is 39.0. The molecule has 0 N–H and O–H groups in total. The number of carbonyl (C=O) groups is 2. The van der Waals surface area contributed by atoms with E-state index in [0.29, 0.717) is 5.56 Å². The van der Waals surface area contributed by atoms with Crippen LogP contribution in [0.3, 0.4) is 0 Å². The molecule has 1 aromatic rings. The number of rotatable bonds is 9. The second-order valence-corrected chi connectivity index (χ2v) is 7.86. The van der Waals surface area contributed by atoms with Gasteiger partial charge in [0.2, 0.25) is 6.10 Å². The molecule has 0 bridgehead atoms. The zero-order chi connectivity index (χ0) is 24.2. The van der Waals surface area contributed by atoms with E-state index in [2.05, 4.69) is 4.79 Å². The maximum absolute atomic E-state index is 13.1. The fraction of sp³-hybridized carbons (Fsp3) is 0.591. The fourth-order valence-corrected chi connectivity index (χ4v) is 3.91. The maximum atomic E-state index is 13.1. The van der Waals surface area contributed by atoms with E-state index in [1.54, 1.807) is 51.1 Å². The first-order valence-electron chi connectivity index (χ1n) is 10.5. The minimum Gasteiger partial charge on any atom is -0.457 e. The minimum atomic E-state index is -1.51. The molecular weight excluding hydrogens is 436 g/mol. The molecular formula is C22H28N2O9. The highest BCUT2D eigenvalue weighted by molar-refractivity contribution is 6.36. The minimum absolute atomic E-state index is 0.00808. The van der Waals surface area contributed by atoms with Gasteiger partial charge in [-0.2, -0.15) is 4.79 Å². The molecule has 2 aliphatic rings. The molecule has 0 aromatic heterocycles. The Bertz CT molecular complexity index is 900. The van der Waals surface area contributed by atoms with Crippen LogP contribution in [0.25, 0.3) is 5.53 Å². The Morgan fingerprint density at radius 2 is 1.82 bits per heavy atom. The molecule has 2 aliphatic heterocycles. The number of fused-ring (bicyclic) bond motifs is 1. The summed E-state index contributed by atoms with van der Waals surface area (Å²) in [6, 6.07) is 8.65. The van der Waals surface area contributed by atoms with Gasteiger partial charge in [0, 0.05) is 14.2 Å². The third-order valence-corrected chi connectivity index (χ3v) is 5.23. The summed E-state index contributed by atoms with van der Waals surface area (Å²) in [6.45, 7) is 5.01. The van der Waals surface area contributed by atoms with Gasteiger partial charge in [-0.25, -0.2) is 9.59 Å². The molecule has 0 radical (unpaired) electrons. The number of hydrogen-bond donors (Lipinski definition) is 0. The van der Waals surface area contributed by atoms with Crippen LogP contribution >= 0.6 is 0 Å². The summed E-state index contributed by atoms with van der Waals surface area (Å²) in [4.78, 5) is 28.7. The lowest BCUT2D eigenvalue weighted by atomic mass is 10.0. The molecule has 0 saturated carbocycles. The highest BCUT2D eigenvalue weighted by Gasteiger charge is 2.61. The largest absolute Gasteiger partial charge is 0.457 e. The van der Waals surface area contributed by atoms with Crippen molar-refractivity contribution in [2.45, 2.75) is 63.4 Å². The molecule has 2 heterocycles. The first-order valence-corrected chi connectivity index (χ1v) is 10.5. The monoisotopic (exact) mass is 464 g/mol. The van der Waals surface area contributed by atoms with E-state index >= 15 is 0 Å². The molecule has 3 rings (SSSR count). The van der Waals surface area contributed by atoms with Crippen molar-refractivity contribution >= 4 is 17.7 Å². The van der Waals surface area contributed by atoms with Crippen LogP contribution in [0.5, 0.6) is 0 Å². The third kappa shape index (κ3) is 5.30. The van der Waals surface area contributed by atoms with Crippen LogP contribution < -0.4 is 0 Å². The van der Waals surface area contributed by atoms with Crippen LogP contribution in [-0.2, 0) is 42.7 Å². The van der Waals surface area contributed by atoms with Gasteiger partial charge in [0.25, 0.3) is 0 Å². The molecule has 1 aromatic carbocycles. The van der Waals surface area contributed by atoms with Gasteiger partial charge in [0.15, 0.2) is 18.2 Å². The van der Waals surface area contributed by atoms with E-state index < -0.39 is 60.2 Å². The normalized spacial score (nSPS) is 27.2. The standard InChI is InChI=1S/C22H28N2O9/c1-6-29-19(25)13(24-23)15(30-20(26)14(27-4)12-10-8-7-9-11-12)16-17-18(21(28-5)31-16)33-22(2,3)32-17/h7-11,14-18,21H,6H2,1-5H3/t14-,15+,16+,17+,18+,21+/m0/s1. The van der Waals surface area contributed by atoms with E-state index in [1.165, 1.54) is 14.2 Å². The van der Waals surface area contributed by atoms with Crippen LogP contribution in [0.15, 0.2) is 30.3 Å². The van der Waals surface area contributed by atoms with E-state index in [9.17, 15) is 15.1 Å². The van der Waals surface area contributed by atoms with E-state index in [0.717, 1.165) is 0 Å². The van der Waals surface area contributed by atoms with Gasteiger partial charge in [-0.15, -0.1) is 0 Å². The van der Waals surface area contributed by atoms with Gasteiger partial charge in [-0.3, -0.25) is 0 Å². The Hall–Kier alpha value is -2.66. The van der Waals surface area contributed by atoms with E-state index in [4.69, 9.17) is 33.2 Å². The lowest BCUT2D eigenvalue weighted by molar-refractivity contribution is -0.237. The number of nitrogens with zero attached hydrogens (tertiary/aromatic N) is 2. The van der Waals surface area contributed by atoms with Gasteiger partial charge in [0.05, 0.1) is 6.61 Å². The second kappa shape index (κ2) is 10.5. The van der Waals surface area contributed by atoms with Crippen molar-refractivity contribution in [3.05, 3.63) is 41.4 Å². The van der Waals surface area contributed by atoms with Crippen molar-refractivity contribution in [3.8, 4) is 0 Å². The highest BCUT2D eigenvalue weighted by atomic mass is 16.8. The van der Waals surface area contributed by atoms with Crippen LogP contribution in [0.1, 0.15) is 32.4 Å². The van der Waals surface area contributed by atoms with Crippen molar-refractivity contribution in [2.75, 3.05) is 20.8 Å². The Balaban J connectivity index is 1.95. The summed E-state index contributed by atoms with van der Waals surface area (Å²) in [6.07, 6.45) is -6.07. The number of esters is 2. The Morgan fingerprint density at radius 3 is 2.39 bits per heavy atom. The number of benzene rings is 1. The molecule has 0 unspecified atom stereocenters. The molecule has 0 amide bonds. The molecule has 180 valence electrons. The van der Waals surface area contributed by atoms with Gasteiger partial charge >= 0.3 is 17.7 Å². The first-order chi connectivity index (χ1) is 15.8. The number of carbonyl (C=O) groups excluding carboxylic acids is 2. The second-order valence-electron chi connectivity index (χ2n) is 7.86. The van der Waals surface area contributed by atoms with Crippen LogP contribution in [0, 0.1) is 0 Å². The fourth-order valence-electron chi connectivity index (χ4n) is 3.91. The summed E-state index contributed by atoms with van der Waals surface area (Å²) in [5.41, 5.74) is 9.62. The molecule has 0 aliphatic carbocycles. The zero-order valence-electron chi connectivity index (χ0n) is 19.1. The molecule has 2 fully saturated rings. The van der Waals surface area contributed by atoms with Gasteiger partial charge in [0.1, 0.15) is 18.3 Å². The van der Waals surface area contributed by atoms with Crippen molar-refractivity contribution in [1.29, 1.82) is 0 Å². The number of methoxy groups -OCH3 is 2.